The average Bonchev–Trinajstić information content (AvgIpc) is 3.00. The molecule has 1 fully saturated rings. The third kappa shape index (κ3) is 2.14. The number of thioether (sulfide) groups is 1. The molecule has 1 saturated carbocycles. The zero-order valence-electron chi connectivity index (χ0n) is 7.88. The average molecular weight is 229 g/mol. The van der Waals surface area contributed by atoms with Gasteiger partial charge < -0.3 is 10.9 Å². The van der Waals surface area contributed by atoms with Gasteiger partial charge in [-0.05, 0) is 12.8 Å². The standard InChI is InChI=1S/C7H11N5O2S/c8-5(11-14)3-15-7-10-9-6(13)12(7)4-1-2-4/h4,14H,1-3H2,(H2,8,11)(H,9,13). The van der Waals surface area contributed by atoms with Gasteiger partial charge in [-0.3, -0.25) is 4.57 Å². The minimum atomic E-state index is -0.195. The van der Waals surface area contributed by atoms with Crippen molar-refractivity contribution in [3.05, 3.63) is 10.5 Å². The van der Waals surface area contributed by atoms with Gasteiger partial charge in [0.25, 0.3) is 0 Å². The lowest BCUT2D eigenvalue weighted by atomic mass is 10.7. The first kappa shape index (κ1) is 10.1. The number of hydrogen-bond acceptors (Lipinski definition) is 5. The molecule has 1 aromatic rings. The summed E-state index contributed by atoms with van der Waals surface area (Å²) in [4.78, 5) is 11.4. The lowest BCUT2D eigenvalue weighted by Gasteiger charge is -2.01. The zero-order chi connectivity index (χ0) is 10.8. The van der Waals surface area contributed by atoms with Gasteiger partial charge in [-0.15, -0.1) is 5.10 Å². The van der Waals surface area contributed by atoms with Crippen molar-refractivity contribution in [2.45, 2.75) is 24.0 Å². The van der Waals surface area contributed by atoms with Crippen LogP contribution in [0.2, 0.25) is 0 Å². The molecule has 0 unspecified atom stereocenters. The Balaban J connectivity index is 2.11. The Kier molecular flexibility index (Phi) is 2.67. The van der Waals surface area contributed by atoms with Gasteiger partial charge in [0.15, 0.2) is 5.16 Å². The Labute approximate surface area is 89.3 Å². The van der Waals surface area contributed by atoms with E-state index in [1.807, 2.05) is 0 Å². The first-order chi connectivity index (χ1) is 7.22. The molecular formula is C7H11N5O2S. The number of nitrogens with zero attached hydrogens (tertiary/aromatic N) is 3. The summed E-state index contributed by atoms with van der Waals surface area (Å²) in [6.45, 7) is 0. The molecule has 0 aliphatic heterocycles. The molecule has 1 heterocycles. The molecular weight excluding hydrogens is 218 g/mol. The van der Waals surface area contributed by atoms with Crippen LogP contribution in [0.15, 0.2) is 15.1 Å². The van der Waals surface area contributed by atoms with Crippen molar-refractivity contribution in [3.8, 4) is 0 Å². The molecule has 1 aliphatic rings. The molecule has 0 saturated heterocycles. The van der Waals surface area contributed by atoms with E-state index >= 15 is 0 Å². The number of amidine groups is 1. The highest BCUT2D eigenvalue weighted by Gasteiger charge is 2.28. The molecule has 0 aromatic carbocycles. The van der Waals surface area contributed by atoms with Crippen molar-refractivity contribution in [1.29, 1.82) is 0 Å². The van der Waals surface area contributed by atoms with E-state index in [1.54, 1.807) is 4.57 Å². The number of aromatic amines is 1. The molecule has 0 radical (unpaired) electrons. The predicted molar refractivity (Wildman–Crippen MR) is 55.3 cm³/mol. The van der Waals surface area contributed by atoms with Crippen molar-refractivity contribution in [2.24, 2.45) is 10.9 Å². The molecule has 1 aromatic heterocycles. The van der Waals surface area contributed by atoms with Crippen LogP contribution in [0.4, 0.5) is 0 Å². The van der Waals surface area contributed by atoms with Gasteiger partial charge in [0.05, 0.1) is 5.75 Å². The van der Waals surface area contributed by atoms with E-state index in [0.717, 1.165) is 12.8 Å². The third-order valence-corrected chi connectivity index (χ3v) is 3.05. The number of oxime groups is 1. The van der Waals surface area contributed by atoms with Gasteiger partial charge >= 0.3 is 5.69 Å². The molecule has 1 aliphatic carbocycles. The van der Waals surface area contributed by atoms with Crippen molar-refractivity contribution >= 4 is 17.6 Å². The van der Waals surface area contributed by atoms with Crippen LogP contribution in [0.5, 0.6) is 0 Å². The monoisotopic (exact) mass is 229 g/mol. The van der Waals surface area contributed by atoms with E-state index in [9.17, 15) is 4.79 Å². The Morgan fingerprint density at radius 1 is 1.80 bits per heavy atom. The SMILES string of the molecule is NC(CSc1n[nH]c(=O)n1C1CC1)=NO. The van der Waals surface area contributed by atoms with Gasteiger partial charge in [0.2, 0.25) is 0 Å². The molecule has 0 spiro atoms. The normalized spacial score (nSPS) is 16.9. The van der Waals surface area contributed by atoms with E-state index < -0.39 is 0 Å². The van der Waals surface area contributed by atoms with Crippen molar-refractivity contribution in [3.63, 3.8) is 0 Å². The summed E-state index contributed by atoms with van der Waals surface area (Å²) in [6, 6.07) is 0.269. The van der Waals surface area contributed by atoms with Crippen molar-refractivity contribution in [2.75, 3.05) is 5.75 Å². The molecule has 82 valence electrons. The molecule has 7 nitrogen and oxygen atoms in total. The highest BCUT2D eigenvalue weighted by molar-refractivity contribution is 7.99. The zero-order valence-corrected chi connectivity index (χ0v) is 8.70. The van der Waals surface area contributed by atoms with E-state index in [1.165, 1.54) is 11.8 Å². The summed E-state index contributed by atoms with van der Waals surface area (Å²) in [6.07, 6.45) is 2.02. The van der Waals surface area contributed by atoms with E-state index in [0.29, 0.717) is 10.9 Å². The summed E-state index contributed by atoms with van der Waals surface area (Å²) >= 11 is 1.27. The van der Waals surface area contributed by atoms with Crippen LogP contribution in [-0.4, -0.2) is 31.6 Å². The predicted octanol–water partition coefficient (Wildman–Crippen LogP) is -0.255. The Hall–Kier alpha value is -1.44. The van der Waals surface area contributed by atoms with Crippen LogP contribution in [0.3, 0.4) is 0 Å². The number of aromatic nitrogens is 3. The van der Waals surface area contributed by atoms with E-state index in [-0.39, 0.29) is 17.6 Å². The number of nitrogens with one attached hydrogen (secondary N) is 1. The number of nitrogens with two attached hydrogens (primary N) is 1. The van der Waals surface area contributed by atoms with Crippen LogP contribution in [0.1, 0.15) is 18.9 Å². The summed E-state index contributed by atoms with van der Waals surface area (Å²) in [5.41, 5.74) is 5.13. The molecule has 8 heteroatoms. The lowest BCUT2D eigenvalue weighted by molar-refractivity contribution is 0.318. The number of rotatable bonds is 4. The summed E-state index contributed by atoms with van der Waals surface area (Å²) in [5, 5.41) is 18.1. The van der Waals surface area contributed by atoms with Crippen LogP contribution in [0.25, 0.3) is 0 Å². The molecule has 0 atom stereocenters. The quantitative estimate of drug-likeness (QED) is 0.217. The van der Waals surface area contributed by atoms with E-state index in [2.05, 4.69) is 15.4 Å². The largest absolute Gasteiger partial charge is 0.409 e. The molecule has 2 rings (SSSR count). The Morgan fingerprint density at radius 3 is 3.13 bits per heavy atom. The van der Waals surface area contributed by atoms with Crippen LogP contribution >= 0.6 is 11.8 Å². The fraction of sp³-hybridized carbons (Fsp3) is 0.571. The van der Waals surface area contributed by atoms with Crippen molar-refractivity contribution in [1.82, 2.24) is 14.8 Å². The van der Waals surface area contributed by atoms with Gasteiger partial charge in [-0.1, -0.05) is 16.9 Å². The van der Waals surface area contributed by atoms with Crippen molar-refractivity contribution < 1.29 is 5.21 Å². The maximum Gasteiger partial charge on any atom is 0.344 e. The van der Waals surface area contributed by atoms with Gasteiger partial charge in [-0.25, -0.2) is 9.89 Å². The highest BCUT2D eigenvalue weighted by atomic mass is 32.2. The summed E-state index contributed by atoms with van der Waals surface area (Å²) in [7, 11) is 0. The summed E-state index contributed by atoms with van der Waals surface area (Å²) in [5.74, 6) is 0.422. The van der Waals surface area contributed by atoms with E-state index in [4.69, 9.17) is 10.9 Å². The molecule has 0 bridgehead atoms. The highest BCUT2D eigenvalue weighted by Crippen LogP contribution is 2.35. The van der Waals surface area contributed by atoms with Gasteiger partial charge in [0, 0.05) is 6.04 Å². The molecule has 15 heavy (non-hydrogen) atoms. The van der Waals surface area contributed by atoms with Gasteiger partial charge in [0.1, 0.15) is 5.84 Å². The molecule has 4 N–H and O–H groups in total. The third-order valence-electron chi connectivity index (χ3n) is 2.06. The number of hydrogen-bond donors (Lipinski definition) is 3. The fourth-order valence-corrected chi connectivity index (χ4v) is 2.03. The Bertz CT molecular complexity index is 433. The second kappa shape index (κ2) is 3.97. The summed E-state index contributed by atoms with van der Waals surface area (Å²) < 4.78 is 1.62. The smallest absolute Gasteiger partial charge is 0.344 e. The maximum atomic E-state index is 11.4. The van der Waals surface area contributed by atoms with Gasteiger partial charge in [-0.2, -0.15) is 0 Å². The molecule has 0 amide bonds. The second-order valence-electron chi connectivity index (χ2n) is 3.29. The minimum Gasteiger partial charge on any atom is -0.409 e. The fourth-order valence-electron chi connectivity index (χ4n) is 1.21. The minimum absolute atomic E-state index is 0.109. The van der Waals surface area contributed by atoms with Crippen LogP contribution in [0, 0.1) is 0 Å². The maximum absolute atomic E-state index is 11.4. The van der Waals surface area contributed by atoms with Crippen LogP contribution in [-0.2, 0) is 0 Å². The Morgan fingerprint density at radius 2 is 2.53 bits per heavy atom. The second-order valence-corrected chi connectivity index (χ2v) is 4.24. The first-order valence-electron chi connectivity index (χ1n) is 4.48. The topological polar surface area (TPSA) is 109 Å². The number of H-pyrrole nitrogens is 1. The van der Waals surface area contributed by atoms with Crippen LogP contribution < -0.4 is 11.4 Å². The lowest BCUT2D eigenvalue weighted by Crippen LogP contribution is -2.18. The first-order valence-corrected chi connectivity index (χ1v) is 5.47.